The first kappa shape index (κ1) is 28.8. The molecule has 2 saturated carbocycles. The van der Waals surface area contributed by atoms with Gasteiger partial charge in [0.15, 0.2) is 0 Å². The number of thioether (sulfide) groups is 1. The number of carbonyl (C=O) groups is 2. The van der Waals surface area contributed by atoms with Gasteiger partial charge in [-0.2, -0.15) is 0 Å². The van der Waals surface area contributed by atoms with Crippen LogP contribution in [0.25, 0.3) is 0 Å². The van der Waals surface area contributed by atoms with E-state index in [1.165, 1.54) is 11.3 Å². The van der Waals surface area contributed by atoms with E-state index in [0.717, 1.165) is 56.5 Å². The molecule has 2 N–H and O–H groups in total. The van der Waals surface area contributed by atoms with Crippen molar-refractivity contribution in [3.8, 4) is 11.8 Å². The molecule has 2 aliphatic carbocycles. The summed E-state index contributed by atoms with van der Waals surface area (Å²) in [5, 5.41) is 19.6. The molecule has 1 amide bonds. The molecule has 0 radical (unpaired) electrons. The molecule has 8 nitrogen and oxygen atoms in total. The molecule has 38 heavy (non-hydrogen) atoms. The maximum absolute atomic E-state index is 14.1. The third kappa shape index (κ3) is 7.04. The quantitative estimate of drug-likeness (QED) is 0.453. The van der Waals surface area contributed by atoms with E-state index in [-0.39, 0.29) is 28.2 Å². The Bertz CT molecular complexity index is 1120. The van der Waals surface area contributed by atoms with Crippen molar-refractivity contribution < 1.29 is 14.7 Å². The number of amidine groups is 1. The second-order valence-corrected chi connectivity index (χ2v) is 14.2. The van der Waals surface area contributed by atoms with Crippen molar-refractivity contribution in [3.05, 3.63) is 15.8 Å². The standard InChI is InChI=1S/C28H41N5O3S2/c1-18-7-9-19(10-8-18)25(34)33(23-17-22(15-16-28(2,3)4)37-24(23)26(35)36)20-11-13-21(14-12-20)38-27-29-32(6)30-31(27)5/h17-21,30H,7-14H2,1-6H3,(H,35,36). The fourth-order valence-electron chi connectivity index (χ4n) is 5.37. The molecule has 1 aromatic heterocycles. The normalized spacial score (nSPS) is 26.0. The van der Waals surface area contributed by atoms with Gasteiger partial charge in [0.2, 0.25) is 11.1 Å². The number of carboxylic acid groups (broad SMARTS) is 1. The Hall–Kier alpha value is -2.22. The third-order valence-electron chi connectivity index (χ3n) is 7.43. The van der Waals surface area contributed by atoms with Crippen molar-refractivity contribution in [3.63, 3.8) is 0 Å². The van der Waals surface area contributed by atoms with Crippen LogP contribution in [0.3, 0.4) is 0 Å². The lowest BCUT2D eigenvalue weighted by Gasteiger charge is -2.39. The first-order chi connectivity index (χ1) is 17.9. The molecule has 4 rings (SSSR count). The number of hydrogen-bond acceptors (Lipinski definition) is 8. The smallest absolute Gasteiger partial charge is 0.348 e. The SMILES string of the molecule is CC1CCC(C(=O)N(c2cc(C#CC(C)(C)C)sc2C(=O)O)C2CCC(SC3=NN(C)NN3C)CC2)CC1. The lowest BCUT2D eigenvalue weighted by Crippen LogP contribution is -2.47. The van der Waals surface area contributed by atoms with Gasteiger partial charge in [-0.15, -0.1) is 22.0 Å². The molecule has 1 aromatic rings. The molecule has 0 bridgehead atoms. The zero-order chi connectivity index (χ0) is 27.6. The summed E-state index contributed by atoms with van der Waals surface area (Å²) in [5.74, 6) is 6.08. The van der Waals surface area contributed by atoms with Gasteiger partial charge in [0.25, 0.3) is 0 Å². The number of carboxylic acids is 1. The fourth-order valence-corrected chi connectivity index (χ4v) is 7.39. The number of carbonyl (C=O) groups excluding carboxylic acids is 1. The molecule has 0 spiro atoms. The number of hydrogen-bond donors (Lipinski definition) is 2. The minimum atomic E-state index is -0.994. The van der Waals surface area contributed by atoms with E-state index in [4.69, 9.17) is 0 Å². The van der Waals surface area contributed by atoms with E-state index in [1.807, 2.05) is 50.8 Å². The molecule has 2 heterocycles. The highest BCUT2D eigenvalue weighted by Gasteiger charge is 2.38. The highest BCUT2D eigenvalue weighted by Crippen LogP contribution is 2.40. The van der Waals surface area contributed by atoms with Crippen LogP contribution in [-0.4, -0.2) is 57.7 Å². The Balaban J connectivity index is 1.59. The Morgan fingerprint density at radius 1 is 1.13 bits per heavy atom. The molecular formula is C28H41N5O3S2. The predicted octanol–water partition coefficient (Wildman–Crippen LogP) is 5.62. The van der Waals surface area contributed by atoms with Crippen LogP contribution in [0.4, 0.5) is 5.69 Å². The van der Waals surface area contributed by atoms with Crippen LogP contribution in [-0.2, 0) is 4.79 Å². The van der Waals surface area contributed by atoms with Gasteiger partial charge in [-0.1, -0.05) is 30.5 Å². The highest BCUT2D eigenvalue weighted by atomic mass is 32.2. The molecule has 2 fully saturated rings. The van der Waals surface area contributed by atoms with Crippen molar-refractivity contribution in [1.29, 1.82) is 0 Å². The molecule has 10 heteroatoms. The van der Waals surface area contributed by atoms with E-state index in [9.17, 15) is 14.7 Å². The molecular weight excluding hydrogens is 518 g/mol. The molecule has 0 aromatic carbocycles. The second-order valence-electron chi connectivity index (χ2n) is 11.9. The number of amides is 1. The van der Waals surface area contributed by atoms with Crippen molar-refractivity contribution in [2.45, 2.75) is 90.4 Å². The van der Waals surface area contributed by atoms with Crippen LogP contribution in [0.5, 0.6) is 0 Å². The number of rotatable bonds is 5. The molecule has 1 aliphatic heterocycles. The third-order valence-corrected chi connectivity index (χ3v) is 9.83. The minimum Gasteiger partial charge on any atom is -0.477 e. The van der Waals surface area contributed by atoms with Crippen LogP contribution in [0, 0.1) is 29.1 Å². The number of nitrogens with one attached hydrogen (secondary N) is 1. The minimum absolute atomic E-state index is 0.0149. The lowest BCUT2D eigenvalue weighted by molar-refractivity contribution is -0.124. The van der Waals surface area contributed by atoms with Crippen LogP contribution < -0.4 is 10.4 Å². The molecule has 0 saturated heterocycles. The lowest BCUT2D eigenvalue weighted by atomic mass is 9.81. The van der Waals surface area contributed by atoms with E-state index in [0.29, 0.717) is 21.7 Å². The average molecular weight is 560 g/mol. The topological polar surface area (TPSA) is 88.5 Å². The van der Waals surface area contributed by atoms with Gasteiger partial charge in [-0.05, 0) is 84.1 Å². The zero-order valence-electron chi connectivity index (χ0n) is 23.4. The van der Waals surface area contributed by atoms with Gasteiger partial charge >= 0.3 is 5.97 Å². The van der Waals surface area contributed by atoms with Crippen LogP contribution in [0.15, 0.2) is 11.2 Å². The van der Waals surface area contributed by atoms with Gasteiger partial charge in [-0.25, -0.2) is 9.91 Å². The van der Waals surface area contributed by atoms with E-state index < -0.39 is 5.97 Å². The van der Waals surface area contributed by atoms with Crippen LogP contribution in [0.1, 0.15) is 93.6 Å². The van der Waals surface area contributed by atoms with Gasteiger partial charge in [0.1, 0.15) is 4.88 Å². The predicted molar refractivity (Wildman–Crippen MR) is 156 cm³/mol. The number of hydrazine groups is 2. The Morgan fingerprint density at radius 2 is 1.79 bits per heavy atom. The number of hydrazone groups is 1. The summed E-state index contributed by atoms with van der Waals surface area (Å²) in [6.45, 7) is 8.35. The second kappa shape index (κ2) is 11.9. The summed E-state index contributed by atoms with van der Waals surface area (Å²) in [5.41, 5.74) is 3.46. The van der Waals surface area contributed by atoms with Crippen LogP contribution >= 0.6 is 23.1 Å². The summed E-state index contributed by atoms with van der Waals surface area (Å²) < 4.78 is 0. The molecule has 0 unspecified atom stereocenters. The Kier molecular flexibility index (Phi) is 9.00. The molecule has 208 valence electrons. The van der Waals surface area contributed by atoms with Crippen molar-refractivity contribution >= 4 is 45.8 Å². The van der Waals surface area contributed by atoms with E-state index in [2.05, 4.69) is 29.4 Å². The summed E-state index contributed by atoms with van der Waals surface area (Å²) in [6, 6.07) is 1.83. The Labute approximate surface area is 235 Å². The average Bonchev–Trinajstić information content (AvgIpc) is 3.41. The Morgan fingerprint density at radius 3 is 2.34 bits per heavy atom. The van der Waals surface area contributed by atoms with Crippen molar-refractivity contribution in [2.24, 2.45) is 22.4 Å². The van der Waals surface area contributed by atoms with Crippen molar-refractivity contribution in [2.75, 3.05) is 19.0 Å². The van der Waals surface area contributed by atoms with Gasteiger partial charge < -0.3 is 10.0 Å². The summed E-state index contributed by atoms with van der Waals surface area (Å²) in [7, 11) is 3.83. The number of thiophene rings is 1. The number of aromatic carboxylic acids is 1. The fraction of sp³-hybridized carbons (Fsp3) is 0.679. The molecule has 0 atom stereocenters. The summed E-state index contributed by atoms with van der Waals surface area (Å²) in [4.78, 5) is 29.3. The maximum atomic E-state index is 14.1. The van der Waals surface area contributed by atoms with E-state index in [1.54, 1.807) is 16.9 Å². The summed E-state index contributed by atoms with van der Waals surface area (Å²) >= 11 is 2.95. The van der Waals surface area contributed by atoms with Gasteiger partial charge in [-0.3, -0.25) is 9.80 Å². The first-order valence-electron chi connectivity index (χ1n) is 13.6. The zero-order valence-corrected chi connectivity index (χ0v) is 25.0. The van der Waals surface area contributed by atoms with Gasteiger partial charge in [0.05, 0.1) is 10.6 Å². The monoisotopic (exact) mass is 559 g/mol. The summed E-state index contributed by atoms with van der Waals surface area (Å²) in [6.07, 6.45) is 7.40. The van der Waals surface area contributed by atoms with E-state index >= 15 is 0 Å². The number of nitrogens with zero attached hydrogens (tertiary/aromatic N) is 4. The van der Waals surface area contributed by atoms with Crippen LogP contribution in [0.2, 0.25) is 0 Å². The first-order valence-corrected chi connectivity index (χ1v) is 15.3. The molecule has 3 aliphatic rings. The van der Waals surface area contributed by atoms with Gasteiger partial charge in [0, 0.05) is 36.7 Å². The van der Waals surface area contributed by atoms with Crippen molar-refractivity contribution in [1.82, 2.24) is 15.7 Å². The maximum Gasteiger partial charge on any atom is 0.348 e. The largest absolute Gasteiger partial charge is 0.477 e. The number of anilines is 1. The highest BCUT2D eigenvalue weighted by molar-refractivity contribution is 8.14.